The number of hydrogen-bond acceptors (Lipinski definition) is 6. The summed E-state index contributed by atoms with van der Waals surface area (Å²) in [6, 6.07) is 0.423. The van der Waals surface area contributed by atoms with E-state index in [9.17, 15) is 4.79 Å². The summed E-state index contributed by atoms with van der Waals surface area (Å²) in [5.74, 6) is 0.647. The van der Waals surface area contributed by atoms with Gasteiger partial charge in [-0.3, -0.25) is 0 Å². The molecule has 0 spiro atoms. The van der Waals surface area contributed by atoms with Crippen LogP contribution >= 0.6 is 0 Å². The zero-order chi connectivity index (χ0) is 15.3. The Morgan fingerprint density at radius 1 is 1.48 bits per heavy atom. The van der Waals surface area contributed by atoms with Gasteiger partial charge in [0, 0.05) is 32.1 Å². The van der Waals surface area contributed by atoms with Crippen LogP contribution < -0.4 is 5.32 Å². The van der Waals surface area contributed by atoms with Crippen LogP contribution in [-0.2, 0) is 11.2 Å². The smallest absolute Gasteiger partial charge is 0.410 e. The third kappa shape index (κ3) is 5.34. The van der Waals surface area contributed by atoms with Gasteiger partial charge in [-0.2, -0.15) is 4.98 Å². The first-order chi connectivity index (χ1) is 9.94. The molecule has 21 heavy (non-hydrogen) atoms. The number of carbonyl (C=O) groups excluding carboxylic acids is 1. The van der Waals surface area contributed by atoms with Crippen LogP contribution in [0, 0.1) is 0 Å². The van der Waals surface area contributed by atoms with Gasteiger partial charge in [-0.05, 0) is 33.6 Å². The van der Waals surface area contributed by atoms with Crippen LogP contribution in [0.25, 0.3) is 0 Å². The number of hydrogen-bond donors (Lipinski definition) is 1. The molecule has 0 saturated carbocycles. The Morgan fingerprint density at radius 3 is 2.76 bits per heavy atom. The van der Waals surface area contributed by atoms with Crippen molar-refractivity contribution in [3.8, 4) is 0 Å². The fourth-order valence-corrected chi connectivity index (χ4v) is 2.28. The Kier molecular flexibility index (Phi) is 5.17. The Labute approximate surface area is 125 Å². The second-order valence-electron chi connectivity index (χ2n) is 6.28. The van der Waals surface area contributed by atoms with E-state index < -0.39 is 5.60 Å². The van der Waals surface area contributed by atoms with Gasteiger partial charge in [-0.1, -0.05) is 5.16 Å². The lowest BCUT2D eigenvalue weighted by molar-refractivity contribution is 0.0198. The molecule has 1 saturated heterocycles. The average molecular weight is 296 g/mol. The molecule has 0 radical (unpaired) electrons. The molecule has 1 aromatic rings. The van der Waals surface area contributed by atoms with Crippen molar-refractivity contribution in [2.75, 3.05) is 19.6 Å². The van der Waals surface area contributed by atoms with Gasteiger partial charge in [-0.15, -0.1) is 0 Å². The number of nitrogens with one attached hydrogen (secondary N) is 1. The third-order valence-electron chi connectivity index (χ3n) is 3.33. The van der Waals surface area contributed by atoms with E-state index in [0.717, 1.165) is 38.9 Å². The molecule has 0 unspecified atom stereocenters. The second-order valence-corrected chi connectivity index (χ2v) is 6.28. The van der Waals surface area contributed by atoms with Gasteiger partial charge in [-0.25, -0.2) is 4.79 Å². The lowest BCUT2D eigenvalue weighted by Gasteiger charge is -2.33. The van der Waals surface area contributed by atoms with Gasteiger partial charge in [0.2, 0.25) is 5.89 Å². The van der Waals surface area contributed by atoms with Gasteiger partial charge >= 0.3 is 6.09 Å². The summed E-state index contributed by atoms with van der Waals surface area (Å²) in [4.78, 5) is 17.7. The number of likely N-dealkylation sites (tertiary alicyclic amines) is 1. The minimum atomic E-state index is -0.434. The maximum absolute atomic E-state index is 11.9. The third-order valence-corrected chi connectivity index (χ3v) is 3.33. The van der Waals surface area contributed by atoms with Crippen molar-refractivity contribution in [1.29, 1.82) is 0 Å². The maximum Gasteiger partial charge on any atom is 0.410 e. The predicted molar refractivity (Wildman–Crippen MR) is 76.8 cm³/mol. The van der Waals surface area contributed by atoms with Crippen molar-refractivity contribution in [1.82, 2.24) is 20.4 Å². The zero-order valence-electron chi connectivity index (χ0n) is 13.0. The number of piperidine rings is 1. The van der Waals surface area contributed by atoms with E-state index in [-0.39, 0.29) is 6.09 Å². The Hall–Kier alpha value is -1.63. The molecular formula is C14H24N4O3. The maximum atomic E-state index is 11.9. The molecule has 1 amide bonds. The number of aromatic nitrogens is 2. The number of rotatable bonds is 4. The molecule has 118 valence electrons. The van der Waals surface area contributed by atoms with Gasteiger partial charge in [0.25, 0.3) is 0 Å². The fourth-order valence-electron chi connectivity index (χ4n) is 2.28. The highest BCUT2D eigenvalue weighted by atomic mass is 16.6. The Balaban J connectivity index is 1.65. The van der Waals surface area contributed by atoms with E-state index in [1.165, 1.54) is 6.33 Å². The molecule has 7 nitrogen and oxygen atoms in total. The van der Waals surface area contributed by atoms with Gasteiger partial charge in [0.15, 0.2) is 6.33 Å². The molecule has 7 heteroatoms. The van der Waals surface area contributed by atoms with Gasteiger partial charge in [0.1, 0.15) is 5.60 Å². The summed E-state index contributed by atoms with van der Waals surface area (Å²) < 4.78 is 10.3. The first-order valence-corrected chi connectivity index (χ1v) is 7.41. The van der Waals surface area contributed by atoms with Crippen molar-refractivity contribution < 1.29 is 14.1 Å². The van der Waals surface area contributed by atoms with Crippen molar-refractivity contribution in [3.63, 3.8) is 0 Å². The number of amides is 1. The SMILES string of the molecule is CC(C)(C)OC(=O)N1CCC(NCCc2ncno2)CC1. The highest BCUT2D eigenvalue weighted by Crippen LogP contribution is 2.15. The van der Waals surface area contributed by atoms with Crippen molar-refractivity contribution in [3.05, 3.63) is 12.2 Å². The van der Waals surface area contributed by atoms with Crippen LogP contribution in [0.2, 0.25) is 0 Å². The lowest BCUT2D eigenvalue weighted by atomic mass is 10.1. The molecular weight excluding hydrogens is 272 g/mol. The van der Waals surface area contributed by atoms with Gasteiger partial charge in [0.05, 0.1) is 0 Å². The predicted octanol–water partition coefficient (Wildman–Crippen LogP) is 1.60. The monoisotopic (exact) mass is 296 g/mol. The minimum Gasteiger partial charge on any atom is -0.444 e. The largest absolute Gasteiger partial charge is 0.444 e. The number of ether oxygens (including phenoxy) is 1. The molecule has 0 aliphatic carbocycles. The molecule has 2 rings (SSSR count). The number of carbonyl (C=O) groups is 1. The summed E-state index contributed by atoms with van der Waals surface area (Å²) in [7, 11) is 0. The topological polar surface area (TPSA) is 80.5 Å². The minimum absolute atomic E-state index is 0.216. The van der Waals surface area contributed by atoms with Crippen LogP contribution in [0.5, 0.6) is 0 Å². The Morgan fingerprint density at radius 2 is 2.19 bits per heavy atom. The van der Waals surface area contributed by atoms with Crippen LogP contribution in [0.4, 0.5) is 4.79 Å². The Bertz CT molecular complexity index is 434. The molecule has 0 bridgehead atoms. The molecule has 1 aliphatic rings. The van der Waals surface area contributed by atoms with Crippen LogP contribution in [-0.4, -0.2) is 52.4 Å². The van der Waals surface area contributed by atoms with E-state index in [1.54, 1.807) is 4.90 Å². The van der Waals surface area contributed by atoms with Gasteiger partial charge < -0.3 is 19.5 Å². The van der Waals surface area contributed by atoms with E-state index >= 15 is 0 Å². The molecule has 1 aromatic heterocycles. The van der Waals surface area contributed by atoms with Crippen molar-refractivity contribution in [2.24, 2.45) is 0 Å². The second kappa shape index (κ2) is 6.89. The highest BCUT2D eigenvalue weighted by Gasteiger charge is 2.26. The molecule has 0 aromatic carbocycles. The summed E-state index contributed by atoms with van der Waals surface area (Å²) in [5, 5.41) is 7.04. The first kappa shape index (κ1) is 15.8. The number of nitrogens with zero attached hydrogens (tertiary/aromatic N) is 3. The van der Waals surface area contributed by atoms with E-state index in [0.29, 0.717) is 11.9 Å². The summed E-state index contributed by atoms with van der Waals surface area (Å²) >= 11 is 0. The molecule has 1 aliphatic heterocycles. The normalized spacial score (nSPS) is 17.0. The molecule has 2 heterocycles. The van der Waals surface area contributed by atoms with E-state index in [2.05, 4.69) is 15.5 Å². The van der Waals surface area contributed by atoms with Crippen LogP contribution in [0.15, 0.2) is 10.9 Å². The lowest BCUT2D eigenvalue weighted by Crippen LogP contribution is -2.46. The van der Waals surface area contributed by atoms with E-state index in [1.807, 2.05) is 20.8 Å². The zero-order valence-corrected chi connectivity index (χ0v) is 13.0. The van der Waals surface area contributed by atoms with Crippen LogP contribution in [0.3, 0.4) is 0 Å². The van der Waals surface area contributed by atoms with E-state index in [4.69, 9.17) is 9.26 Å². The first-order valence-electron chi connectivity index (χ1n) is 7.41. The summed E-state index contributed by atoms with van der Waals surface area (Å²) in [6.07, 6.45) is 3.79. The molecule has 0 atom stereocenters. The summed E-state index contributed by atoms with van der Waals surface area (Å²) in [5.41, 5.74) is -0.434. The standard InChI is InChI=1S/C14H24N4O3/c1-14(2,3)20-13(19)18-8-5-11(6-9-18)15-7-4-12-16-10-17-21-12/h10-11,15H,4-9H2,1-3H3. The average Bonchev–Trinajstić information content (AvgIpc) is 2.91. The van der Waals surface area contributed by atoms with Crippen molar-refractivity contribution in [2.45, 2.75) is 51.7 Å². The van der Waals surface area contributed by atoms with Crippen LogP contribution in [0.1, 0.15) is 39.5 Å². The van der Waals surface area contributed by atoms with Crippen molar-refractivity contribution >= 4 is 6.09 Å². The quantitative estimate of drug-likeness (QED) is 0.909. The summed E-state index contributed by atoms with van der Waals surface area (Å²) in [6.45, 7) is 7.92. The molecule has 1 N–H and O–H groups in total. The fraction of sp³-hybridized carbons (Fsp3) is 0.786. The highest BCUT2D eigenvalue weighted by molar-refractivity contribution is 5.68. The molecule has 1 fully saturated rings.